The van der Waals surface area contributed by atoms with Gasteiger partial charge in [0, 0.05) is 17.3 Å². The van der Waals surface area contributed by atoms with E-state index in [0.717, 1.165) is 17.8 Å². The van der Waals surface area contributed by atoms with Gasteiger partial charge in [-0.25, -0.2) is 0 Å². The van der Waals surface area contributed by atoms with Gasteiger partial charge >= 0.3 is 0 Å². The molecule has 0 atom stereocenters. The van der Waals surface area contributed by atoms with Gasteiger partial charge in [0.2, 0.25) is 0 Å². The second-order valence-electron chi connectivity index (χ2n) is 4.48. The monoisotopic (exact) mass is 305 g/mol. The largest absolute Gasteiger partial charge is 0.455 e. The number of hydrogen-bond donors (Lipinski definition) is 2. The fraction of sp³-hybridized carbons (Fsp3) is 0.200. The smallest absolute Gasteiger partial charge is 0.171 e. The minimum absolute atomic E-state index is 0.0437. The van der Waals surface area contributed by atoms with Crippen LogP contribution in [0.3, 0.4) is 0 Å². The number of nitrogens with two attached hydrogens (primary N) is 1. The standard InChI is InChI=1S/C15H16ClN3O2/c1-3-13-14(7-4-9(2)18-13)21-10-5-6-11(12(16)8-10)15(17)19-20/h4-8,20H,3H2,1-2H3,(H2,17,19). The zero-order chi connectivity index (χ0) is 15.4. The van der Waals surface area contributed by atoms with E-state index in [4.69, 9.17) is 27.3 Å². The average Bonchev–Trinajstić information content (AvgIpc) is 2.48. The molecule has 1 aromatic heterocycles. The van der Waals surface area contributed by atoms with Crippen molar-refractivity contribution in [3.63, 3.8) is 0 Å². The van der Waals surface area contributed by atoms with Crippen molar-refractivity contribution in [1.82, 2.24) is 4.98 Å². The maximum atomic E-state index is 8.68. The Balaban J connectivity index is 2.31. The van der Waals surface area contributed by atoms with Crippen molar-refractivity contribution in [2.45, 2.75) is 20.3 Å². The molecule has 0 aliphatic rings. The summed E-state index contributed by atoms with van der Waals surface area (Å²) >= 11 is 6.10. The predicted octanol–water partition coefficient (Wildman–Crippen LogP) is 3.49. The van der Waals surface area contributed by atoms with E-state index in [9.17, 15) is 0 Å². The third kappa shape index (κ3) is 3.44. The number of hydrogen-bond acceptors (Lipinski definition) is 4. The molecule has 0 amide bonds. The maximum Gasteiger partial charge on any atom is 0.171 e. The van der Waals surface area contributed by atoms with Crippen molar-refractivity contribution < 1.29 is 9.94 Å². The van der Waals surface area contributed by atoms with Gasteiger partial charge in [0.25, 0.3) is 0 Å². The molecule has 0 fully saturated rings. The first kappa shape index (κ1) is 15.1. The lowest BCUT2D eigenvalue weighted by Crippen LogP contribution is -2.13. The molecule has 1 heterocycles. The molecule has 110 valence electrons. The molecule has 3 N–H and O–H groups in total. The lowest BCUT2D eigenvalue weighted by Gasteiger charge is -2.11. The highest BCUT2D eigenvalue weighted by molar-refractivity contribution is 6.34. The molecule has 0 saturated carbocycles. The van der Waals surface area contributed by atoms with E-state index in [0.29, 0.717) is 22.1 Å². The van der Waals surface area contributed by atoms with Crippen LogP contribution in [-0.4, -0.2) is 16.0 Å². The molecule has 0 radical (unpaired) electrons. The Bertz CT molecular complexity index is 687. The predicted molar refractivity (Wildman–Crippen MR) is 82.4 cm³/mol. The number of oxime groups is 1. The molecule has 0 unspecified atom stereocenters. The number of pyridine rings is 1. The van der Waals surface area contributed by atoms with Gasteiger partial charge < -0.3 is 15.7 Å². The summed E-state index contributed by atoms with van der Waals surface area (Å²) in [5.41, 5.74) is 7.80. The van der Waals surface area contributed by atoms with E-state index < -0.39 is 0 Å². The topological polar surface area (TPSA) is 80.7 Å². The number of ether oxygens (including phenoxy) is 1. The van der Waals surface area contributed by atoms with Crippen LogP contribution < -0.4 is 10.5 Å². The van der Waals surface area contributed by atoms with Crippen LogP contribution in [-0.2, 0) is 6.42 Å². The molecule has 0 saturated heterocycles. The second-order valence-corrected chi connectivity index (χ2v) is 4.89. The lowest BCUT2D eigenvalue weighted by molar-refractivity contribution is 0.318. The summed E-state index contributed by atoms with van der Waals surface area (Å²) in [6, 6.07) is 8.74. The summed E-state index contributed by atoms with van der Waals surface area (Å²) < 4.78 is 5.81. The highest BCUT2D eigenvalue weighted by atomic mass is 35.5. The van der Waals surface area contributed by atoms with E-state index in [1.165, 1.54) is 0 Å². The number of benzene rings is 1. The Morgan fingerprint density at radius 2 is 2.14 bits per heavy atom. The van der Waals surface area contributed by atoms with Crippen LogP contribution in [0.25, 0.3) is 0 Å². The summed E-state index contributed by atoms with van der Waals surface area (Å²) in [7, 11) is 0. The van der Waals surface area contributed by atoms with Crippen LogP contribution in [0.2, 0.25) is 5.02 Å². The van der Waals surface area contributed by atoms with Crippen LogP contribution in [0.1, 0.15) is 23.9 Å². The van der Waals surface area contributed by atoms with Crippen molar-refractivity contribution in [3.8, 4) is 11.5 Å². The highest BCUT2D eigenvalue weighted by Crippen LogP contribution is 2.28. The van der Waals surface area contributed by atoms with Gasteiger partial charge in [-0.15, -0.1) is 0 Å². The molecule has 0 aliphatic carbocycles. The number of halogens is 1. The molecule has 21 heavy (non-hydrogen) atoms. The first-order valence-corrected chi connectivity index (χ1v) is 6.84. The minimum Gasteiger partial charge on any atom is -0.455 e. The molecular formula is C15H16ClN3O2. The number of aryl methyl sites for hydroxylation is 2. The Morgan fingerprint density at radius 3 is 2.76 bits per heavy atom. The van der Waals surface area contributed by atoms with Gasteiger partial charge in [-0.1, -0.05) is 23.7 Å². The van der Waals surface area contributed by atoms with Crippen molar-refractivity contribution in [3.05, 3.63) is 52.3 Å². The highest BCUT2D eigenvalue weighted by Gasteiger charge is 2.09. The fourth-order valence-corrected chi connectivity index (χ4v) is 2.16. The normalized spacial score (nSPS) is 11.5. The zero-order valence-corrected chi connectivity index (χ0v) is 12.6. The molecule has 2 aromatic rings. The minimum atomic E-state index is -0.0437. The Labute approximate surface area is 128 Å². The van der Waals surface area contributed by atoms with Gasteiger partial charge in [0.15, 0.2) is 5.84 Å². The Morgan fingerprint density at radius 1 is 1.38 bits per heavy atom. The fourth-order valence-electron chi connectivity index (χ4n) is 1.89. The van der Waals surface area contributed by atoms with Crippen molar-refractivity contribution in [2.75, 3.05) is 0 Å². The van der Waals surface area contributed by atoms with Gasteiger partial charge in [-0.2, -0.15) is 0 Å². The Kier molecular flexibility index (Phi) is 4.65. The number of nitrogens with zero attached hydrogens (tertiary/aromatic N) is 2. The van der Waals surface area contributed by atoms with E-state index >= 15 is 0 Å². The average molecular weight is 306 g/mol. The number of rotatable bonds is 4. The quantitative estimate of drug-likeness (QED) is 0.392. The molecule has 5 nitrogen and oxygen atoms in total. The molecule has 2 rings (SSSR count). The van der Waals surface area contributed by atoms with Crippen LogP contribution in [0.15, 0.2) is 35.5 Å². The van der Waals surface area contributed by atoms with Crippen LogP contribution in [0.4, 0.5) is 0 Å². The third-order valence-electron chi connectivity index (χ3n) is 2.96. The third-order valence-corrected chi connectivity index (χ3v) is 3.27. The molecule has 0 bridgehead atoms. The summed E-state index contributed by atoms with van der Waals surface area (Å²) in [6.07, 6.45) is 0.771. The summed E-state index contributed by atoms with van der Waals surface area (Å²) in [5, 5.41) is 12.0. The van der Waals surface area contributed by atoms with Crippen molar-refractivity contribution in [1.29, 1.82) is 0 Å². The van der Waals surface area contributed by atoms with Gasteiger partial charge in [-0.3, -0.25) is 4.98 Å². The van der Waals surface area contributed by atoms with Crippen molar-refractivity contribution >= 4 is 17.4 Å². The van der Waals surface area contributed by atoms with Crippen LogP contribution >= 0.6 is 11.6 Å². The molecular weight excluding hydrogens is 290 g/mol. The van der Waals surface area contributed by atoms with E-state index in [1.807, 2.05) is 26.0 Å². The molecule has 0 spiro atoms. The van der Waals surface area contributed by atoms with Gasteiger partial charge in [0.1, 0.15) is 11.5 Å². The first-order chi connectivity index (χ1) is 10.0. The molecule has 0 aliphatic heterocycles. The van der Waals surface area contributed by atoms with Crippen LogP contribution in [0.5, 0.6) is 11.5 Å². The zero-order valence-electron chi connectivity index (χ0n) is 11.8. The molecule has 6 heteroatoms. The van der Waals surface area contributed by atoms with Crippen molar-refractivity contribution in [2.24, 2.45) is 10.9 Å². The lowest BCUT2D eigenvalue weighted by atomic mass is 10.2. The molecule has 1 aromatic carbocycles. The van der Waals surface area contributed by atoms with Gasteiger partial charge in [-0.05, 0) is 37.6 Å². The SMILES string of the molecule is CCc1nc(C)ccc1Oc1ccc(/C(N)=N/O)c(Cl)c1. The van der Waals surface area contributed by atoms with E-state index in [-0.39, 0.29) is 5.84 Å². The Hall–Kier alpha value is -2.27. The van der Waals surface area contributed by atoms with E-state index in [2.05, 4.69) is 10.1 Å². The summed E-state index contributed by atoms with van der Waals surface area (Å²) in [6.45, 7) is 3.95. The van der Waals surface area contributed by atoms with Gasteiger partial charge in [0.05, 0.1) is 10.7 Å². The first-order valence-electron chi connectivity index (χ1n) is 6.47. The maximum absolute atomic E-state index is 8.68. The van der Waals surface area contributed by atoms with E-state index in [1.54, 1.807) is 18.2 Å². The number of aromatic nitrogens is 1. The summed E-state index contributed by atoms with van der Waals surface area (Å²) in [4.78, 5) is 4.44. The number of amidine groups is 1. The second kappa shape index (κ2) is 6.45. The summed E-state index contributed by atoms with van der Waals surface area (Å²) in [5.74, 6) is 1.21. The van der Waals surface area contributed by atoms with Crippen LogP contribution in [0, 0.1) is 6.92 Å².